The van der Waals surface area contributed by atoms with Crippen LogP contribution in [-0.4, -0.2) is 78.8 Å². The number of carbonyl (C=O) groups excluding carboxylic acids is 2. The highest BCUT2D eigenvalue weighted by molar-refractivity contribution is 5.97. The van der Waals surface area contributed by atoms with Crippen LogP contribution < -0.4 is 0 Å². The Hall–Kier alpha value is -3.37. The molecule has 0 spiro atoms. The van der Waals surface area contributed by atoms with Crippen molar-refractivity contribution in [3.63, 3.8) is 0 Å². The SMILES string of the molecule is CC(C)(C)OC(=O)OC[C@@H]1COC(c2cccc(C3=N[C@H](COC(=O)OC(C)(C)C)CO3)n2)=N1. The van der Waals surface area contributed by atoms with Crippen LogP contribution in [0.3, 0.4) is 0 Å². The molecule has 2 aliphatic heterocycles. The van der Waals surface area contributed by atoms with Gasteiger partial charge in [-0.25, -0.2) is 24.6 Å². The summed E-state index contributed by atoms with van der Waals surface area (Å²) in [5.41, 5.74) is -0.268. The number of nitrogens with zero attached hydrogens (tertiary/aromatic N) is 3. The van der Waals surface area contributed by atoms with Gasteiger partial charge in [0.25, 0.3) is 0 Å². The van der Waals surface area contributed by atoms with Crippen LogP contribution in [0.1, 0.15) is 52.9 Å². The Kier molecular flexibility index (Phi) is 7.63. The maximum atomic E-state index is 11.7. The van der Waals surface area contributed by atoms with Gasteiger partial charge in [-0.2, -0.15) is 0 Å². The lowest BCUT2D eigenvalue weighted by Gasteiger charge is -2.19. The number of aromatic nitrogens is 1. The molecular formula is C23H31N3O8. The van der Waals surface area contributed by atoms with Crippen LogP contribution in [0.25, 0.3) is 0 Å². The number of aliphatic imine (C=N–C) groups is 2. The summed E-state index contributed by atoms with van der Waals surface area (Å²) in [5.74, 6) is 0.672. The van der Waals surface area contributed by atoms with Crippen molar-refractivity contribution in [3.05, 3.63) is 29.6 Å². The fourth-order valence-corrected chi connectivity index (χ4v) is 2.84. The molecule has 11 heteroatoms. The summed E-state index contributed by atoms with van der Waals surface area (Å²) in [6.07, 6.45) is -1.50. The molecular weight excluding hydrogens is 446 g/mol. The number of hydrogen-bond acceptors (Lipinski definition) is 11. The van der Waals surface area contributed by atoms with Crippen LogP contribution in [0.4, 0.5) is 9.59 Å². The molecule has 0 saturated heterocycles. The van der Waals surface area contributed by atoms with Crippen molar-refractivity contribution >= 4 is 24.1 Å². The average Bonchev–Trinajstić information content (AvgIpc) is 3.38. The van der Waals surface area contributed by atoms with E-state index in [1.807, 2.05) is 0 Å². The van der Waals surface area contributed by atoms with E-state index in [0.29, 0.717) is 23.2 Å². The van der Waals surface area contributed by atoms with Gasteiger partial charge in [0.1, 0.15) is 61.1 Å². The zero-order chi connectivity index (χ0) is 24.9. The molecule has 0 aromatic carbocycles. The highest BCUT2D eigenvalue weighted by atomic mass is 16.7. The van der Waals surface area contributed by atoms with Gasteiger partial charge in [0.05, 0.1) is 0 Å². The van der Waals surface area contributed by atoms with E-state index in [4.69, 9.17) is 28.4 Å². The van der Waals surface area contributed by atoms with Gasteiger partial charge in [-0.1, -0.05) is 6.07 Å². The summed E-state index contributed by atoms with van der Waals surface area (Å²) in [4.78, 5) is 36.8. The molecule has 0 radical (unpaired) electrons. The van der Waals surface area contributed by atoms with Gasteiger partial charge in [-0.05, 0) is 53.7 Å². The predicted octanol–water partition coefficient (Wildman–Crippen LogP) is 3.28. The third-order valence-electron chi connectivity index (χ3n) is 4.18. The molecule has 11 nitrogen and oxygen atoms in total. The van der Waals surface area contributed by atoms with Gasteiger partial charge < -0.3 is 28.4 Å². The molecule has 1 aromatic heterocycles. The molecule has 0 fully saturated rings. The zero-order valence-corrected chi connectivity index (χ0v) is 20.3. The largest absolute Gasteiger partial charge is 0.508 e. The highest BCUT2D eigenvalue weighted by Crippen LogP contribution is 2.16. The Morgan fingerprint density at radius 3 is 1.62 bits per heavy atom. The molecule has 1 aromatic rings. The van der Waals surface area contributed by atoms with E-state index in [0.717, 1.165) is 0 Å². The van der Waals surface area contributed by atoms with E-state index >= 15 is 0 Å². The maximum Gasteiger partial charge on any atom is 0.508 e. The lowest BCUT2D eigenvalue weighted by molar-refractivity contribution is -0.0110. The minimum Gasteiger partial charge on any atom is -0.474 e. The van der Waals surface area contributed by atoms with E-state index in [1.54, 1.807) is 59.7 Å². The van der Waals surface area contributed by atoms with E-state index in [2.05, 4.69) is 15.0 Å². The molecule has 0 N–H and O–H groups in total. The van der Waals surface area contributed by atoms with Crippen LogP contribution in [0, 0.1) is 0 Å². The van der Waals surface area contributed by atoms with Crippen molar-refractivity contribution in [2.45, 2.75) is 64.8 Å². The molecule has 3 rings (SSSR count). The number of pyridine rings is 1. The second kappa shape index (κ2) is 10.3. The Bertz CT molecular complexity index is 888. The molecule has 2 aliphatic rings. The predicted molar refractivity (Wildman–Crippen MR) is 121 cm³/mol. The maximum absolute atomic E-state index is 11.7. The van der Waals surface area contributed by atoms with Crippen LogP contribution in [0.2, 0.25) is 0 Å². The second-order valence-electron chi connectivity index (χ2n) is 9.76. The summed E-state index contributed by atoms with van der Waals surface area (Å²) in [5, 5.41) is 0. The van der Waals surface area contributed by atoms with E-state index in [-0.39, 0.29) is 38.5 Å². The Morgan fingerprint density at radius 2 is 1.24 bits per heavy atom. The summed E-state index contributed by atoms with van der Waals surface area (Å²) in [6, 6.07) is 4.56. The second-order valence-corrected chi connectivity index (χ2v) is 9.76. The standard InChI is InChI=1S/C23H31N3O8/c1-22(2,3)33-20(27)31-12-14-10-29-18(24-14)16-8-7-9-17(26-16)19-25-15(11-30-19)13-32-21(28)34-23(4,5)6/h7-9,14-15H,10-13H2,1-6H3/t14-,15-/m0/s1. The van der Waals surface area contributed by atoms with E-state index < -0.39 is 23.5 Å². The van der Waals surface area contributed by atoms with Crippen molar-refractivity contribution in [1.29, 1.82) is 0 Å². The first-order valence-electron chi connectivity index (χ1n) is 11.0. The molecule has 0 amide bonds. The van der Waals surface area contributed by atoms with Crippen molar-refractivity contribution in [2.24, 2.45) is 9.98 Å². The van der Waals surface area contributed by atoms with Gasteiger partial charge in [0.15, 0.2) is 0 Å². The average molecular weight is 478 g/mol. The number of rotatable bonds is 6. The monoisotopic (exact) mass is 477 g/mol. The first kappa shape index (κ1) is 25.3. The summed E-state index contributed by atoms with van der Waals surface area (Å²) in [7, 11) is 0. The smallest absolute Gasteiger partial charge is 0.474 e. The first-order chi connectivity index (χ1) is 15.9. The fraction of sp³-hybridized carbons (Fsp3) is 0.609. The molecule has 0 unspecified atom stereocenters. The molecule has 0 aliphatic carbocycles. The molecule has 34 heavy (non-hydrogen) atoms. The van der Waals surface area contributed by atoms with Crippen LogP contribution >= 0.6 is 0 Å². The minimum atomic E-state index is -0.752. The Balaban J connectivity index is 1.55. The topological polar surface area (TPSA) is 127 Å². The molecule has 186 valence electrons. The van der Waals surface area contributed by atoms with Gasteiger partial charge in [-0.15, -0.1) is 0 Å². The van der Waals surface area contributed by atoms with Crippen molar-refractivity contribution in [2.75, 3.05) is 26.4 Å². The number of ether oxygens (including phenoxy) is 6. The summed E-state index contributed by atoms with van der Waals surface area (Å²) < 4.78 is 31.7. The Labute approximate surface area is 198 Å². The zero-order valence-electron chi connectivity index (χ0n) is 20.3. The molecule has 2 atom stereocenters. The summed E-state index contributed by atoms with van der Waals surface area (Å²) in [6.45, 7) is 11.1. The summed E-state index contributed by atoms with van der Waals surface area (Å²) >= 11 is 0. The third-order valence-corrected chi connectivity index (χ3v) is 4.18. The highest BCUT2D eigenvalue weighted by Gasteiger charge is 2.27. The van der Waals surface area contributed by atoms with Crippen LogP contribution in [0.5, 0.6) is 0 Å². The molecule has 3 heterocycles. The third kappa shape index (κ3) is 7.89. The van der Waals surface area contributed by atoms with Crippen molar-refractivity contribution in [1.82, 2.24) is 4.98 Å². The Morgan fingerprint density at radius 1 is 0.824 bits per heavy atom. The van der Waals surface area contributed by atoms with Crippen LogP contribution in [0.15, 0.2) is 28.2 Å². The van der Waals surface area contributed by atoms with Gasteiger partial charge in [0, 0.05) is 0 Å². The van der Waals surface area contributed by atoms with E-state index in [1.165, 1.54) is 0 Å². The molecule has 0 bridgehead atoms. The number of hydrogen-bond donors (Lipinski definition) is 0. The lowest BCUT2D eigenvalue weighted by Crippen LogP contribution is -2.27. The molecule has 0 saturated carbocycles. The minimum absolute atomic E-state index is 0.0350. The van der Waals surface area contributed by atoms with Crippen molar-refractivity contribution < 1.29 is 38.0 Å². The van der Waals surface area contributed by atoms with Gasteiger partial charge >= 0.3 is 12.3 Å². The van der Waals surface area contributed by atoms with Crippen LogP contribution in [-0.2, 0) is 28.4 Å². The quantitative estimate of drug-likeness (QED) is 0.567. The van der Waals surface area contributed by atoms with E-state index in [9.17, 15) is 9.59 Å². The first-order valence-corrected chi connectivity index (χ1v) is 11.0. The normalized spacial score (nSPS) is 19.9. The fourth-order valence-electron chi connectivity index (χ4n) is 2.84. The van der Waals surface area contributed by atoms with Gasteiger partial charge in [0.2, 0.25) is 11.8 Å². The number of carbonyl (C=O) groups is 2. The van der Waals surface area contributed by atoms with Crippen molar-refractivity contribution in [3.8, 4) is 0 Å². The lowest BCUT2D eigenvalue weighted by atomic mass is 10.2. The van der Waals surface area contributed by atoms with Gasteiger partial charge in [-0.3, -0.25) is 0 Å².